The molecule has 0 radical (unpaired) electrons. The Morgan fingerprint density at radius 2 is 1.91 bits per heavy atom. The van der Waals surface area contributed by atoms with Crippen LogP contribution in [0.15, 0.2) is 48.1 Å². The van der Waals surface area contributed by atoms with E-state index in [1.54, 1.807) is 13.0 Å². The lowest BCUT2D eigenvalue weighted by molar-refractivity contribution is -0.126. The van der Waals surface area contributed by atoms with Crippen molar-refractivity contribution in [1.29, 1.82) is 0 Å². The highest BCUT2D eigenvalue weighted by atomic mass is 16.3. The van der Waals surface area contributed by atoms with E-state index in [0.717, 1.165) is 5.56 Å². The number of aliphatic hydroxyl groups is 1. The molecule has 0 bridgehead atoms. The minimum absolute atomic E-state index is 0.00797. The summed E-state index contributed by atoms with van der Waals surface area (Å²) in [6.45, 7) is 5.41. The predicted octanol–water partition coefficient (Wildman–Crippen LogP) is 3.19. The number of carbonyl (C=O) groups excluding carboxylic acids is 2. The second kappa shape index (κ2) is 6.41. The summed E-state index contributed by atoms with van der Waals surface area (Å²) >= 11 is 0. The summed E-state index contributed by atoms with van der Waals surface area (Å²) in [6.07, 6.45) is 4.09. The third-order valence-corrected chi connectivity index (χ3v) is 4.21. The molecule has 0 aromatic heterocycles. The minimum atomic E-state index is -0.936. The Bertz CT molecular complexity index is 623. The van der Waals surface area contributed by atoms with Crippen LogP contribution in [-0.2, 0) is 9.59 Å². The van der Waals surface area contributed by atoms with Gasteiger partial charge in [-0.25, -0.2) is 0 Å². The van der Waals surface area contributed by atoms with Gasteiger partial charge in [-0.15, -0.1) is 0 Å². The Hall–Kier alpha value is -2.00. The van der Waals surface area contributed by atoms with Gasteiger partial charge < -0.3 is 5.11 Å². The zero-order valence-electron chi connectivity index (χ0n) is 13.2. The standard InChI is InChI=1S/C19H22O3/c1-13-11-16(21)18(19(2,3)12-17(13)22)15(20)10-9-14-7-5-4-6-8-14/h4-11,16,18,21H,12H2,1-3H3. The fourth-order valence-electron chi connectivity index (χ4n) is 2.97. The zero-order valence-corrected chi connectivity index (χ0v) is 13.2. The largest absolute Gasteiger partial charge is 0.388 e. The molecule has 0 amide bonds. The Morgan fingerprint density at radius 3 is 2.55 bits per heavy atom. The van der Waals surface area contributed by atoms with E-state index >= 15 is 0 Å². The number of Topliss-reactive ketones (excluding diaryl/α,β-unsaturated/α-hetero) is 1. The number of hydrogen-bond acceptors (Lipinski definition) is 3. The van der Waals surface area contributed by atoms with E-state index in [1.165, 1.54) is 12.2 Å². The van der Waals surface area contributed by atoms with Gasteiger partial charge in [-0.05, 0) is 35.6 Å². The summed E-state index contributed by atoms with van der Waals surface area (Å²) in [5.74, 6) is -0.777. The van der Waals surface area contributed by atoms with Crippen molar-refractivity contribution in [3.8, 4) is 0 Å². The molecule has 0 aliphatic heterocycles. The van der Waals surface area contributed by atoms with Crippen molar-refractivity contribution in [2.45, 2.75) is 33.3 Å². The highest BCUT2D eigenvalue weighted by molar-refractivity contribution is 6.00. The van der Waals surface area contributed by atoms with Gasteiger partial charge in [-0.1, -0.05) is 50.3 Å². The molecule has 1 aromatic rings. The summed E-state index contributed by atoms with van der Waals surface area (Å²) in [5, 5.41) is 10.4. The predicted molar refractivity (Wildman–Crippen MR) is 87.1 cm³/mol. The number of ketones is 2. The van der Waals surface area contributed by atoms with Crippen LogP contribution in [0, 0.1) is 11.3 Å². The Kier molecular flexibility index (Phi) is 4.77. The van der Waals surface area contributed by atoms with Gasteiger partial charge in [0.2, 0.25) is 0 Å². The van der Waals surface area contributed by atoms with Crippen molar-refractivity contribution in [2.75, 3.05) is 0 Å². The van der Waals surface area contributed by atoms with Gasteiger partial charge in [0.1, 0.15) is 0 Å². The third kappa shape index (κ3) is 3.60. The molecule has 1 aliphatic carbocycles. The molecule has 3 nitrogen and oxygen atoms in total. The molecule has 22 heavy (non-hydrogen) atoms. The number of aliphatic hydroxyl groups excluding tert-OH is 1. The first-order valence-electron chi connectivity index (χ1n) is 7.48. The summed E-state index contributed by atoms with van der Waals surface area (Å²) in [7, 11) is 0. The summed E-state index contributed by atoms with van der Waals surface area (Å²) in [5.41, 5.74) is 0.880. The molecule has 3 heteroatoms. The average molecular weight is 298 g/mol. The van der Waals surface area contributed by atoms with Gasteiger partial charge in [0, 0.05) is 6.42 Å². The summed E-state index contributed by atoms with van der Waals surface area (Å²) in [6, 6.07) is 9.53. The maximum Gasteiger partial charge on any atom is 0.162 e. The first kappa shape index (κ1) is 16.4. The third-order valence-electron chi connectivity index (χ3n) is 4.21. The lowest BCUT2D eigenvalue weighted by atomic mass is 9.71. The van der Waals surface area contributed by atoms with Crippen LogP contribution in [0.2, 0.25) is 0 Å². The minimum Gasteiger partial charge on any atom is -0.388 e. The van der Waals surface area contributed by atoms with Crippen molar-refractivity contribution in [3.05, 3.63) is 53.6 Å². The molecular weight excluding hydrogens is 276 g/mol. The van der Waals surface area contributed by atoms with Gasteiger partial charge >= 0.3 is 0 Å². The van der Waals surface area contributed by atoms with Gasteiger partial charge in [0.05, 0.1) is 12.0 Å². The lowest BCUT2D eigenvalue weighted by Crippen LogP contribution is -2.38. The van der Waals surface area contributed by atoms with E-state index in [1.807, 2.05) is 44.2 Å². The van der Waals surface area contributed by atoms with Gasteiger partial charge in [0.25, 0.3) is 0 Å². The molecule has 1 N–H and O–H groups in total. The number of carbonyl (C=O) groups is 2. The van der Waals surface area contributed by atoms with Gasteiger partial charge in [-0.3, -0.25) is 9.59 Å². The zero-order chi connectivity index (χ0) is 16.3. The Balaban J connectivity index is 2.26. The monoisotopic (exact) mass is 298 g/mol. The van der Waals surface area contributed by atoms with Gasteiger partial charge in [-0.2, -0.15) is 0 Å². The molecule has 1 aliphatic rings. The van der Waals surface area contributed by atoms with Crippen molar-refractivity contribution in [1.82, 2.24) is 0 Å². The van der Waals surface area contributed by atoms with Crippen molar-refractivity contribution in [3.63, 3.8) is 0 Å². The highest BCUT2D eigenvalue weighted by Crippen LogP contribution is 2.38. The molecule has 0 saturated heterocycles. The molecule has 2 unspecified atom stereocenters. The quantitative estimate of drug-likeness (QED) is 0.872. The molecule has 2 atom stereocenters. The van der Waals surface area contributed by atoms with Crippen LogP contribution in [0.25, 0.3) is 6.08 Å². The number of benzene rings is 1. The van der Waals surface area contributed by atoms with Crippen LogP contribution >= 0.6 is 0 Å². The van der Waals surface area contributed by atoms with Crippen LogP contribution < -0.4 is 0 Å². The summed E-state index contributed by atoms with van der Waals surface area (Å²) < 4.78 is 0. The Morgan fingerprint density at radius 1 is 1.27 bits per heavy atom. The molecule has 0 fully saturated rings. The van der Waals surface area contributed by atoms with Crippen molar-refractivity contribution >= 4 is 17.6 Å². The molecule has 0 spiro atoms. The Labute approximate surface area is 131 Å². The average Bonchev–Trinajstić information content (AvgIpc) is 2.52. The van der Waals surface area contributed by atoms with Crippen LogP contribution in [0.4, 0.5) is 0 Å². The molecular formula is C19H22O3. The van der Waals surface area contributed by atoms with Crippen LogP contribution in [0.3, 0.4) is 0 Å². The van der Waals surface area contributed by atoms with E-state index in [-0.39, 0.29) is 18.0 Å². The fourth-order valence-corrected chi connectivity index (χ4v) is 2.97. The smallest absolute Gasteiger partial charge is 0.162 e. The van der Waals surface area contributed by atoms with Crippen LogP contribution in [0.5, 0.6) is 0 Å². The SMILES string of the molecule is CC1=CC(O)C(C(=O)C=Cc2ccccc2)C(C)(C)CC1=O. The second-order valence-electron chi connectivity index (χ2n) is 6.55. The number of allylic oxidation sites excluding steroid dienone is 2. The number of hydrogen-bond donors (Lipinski definition) is 1. The second-order valence-corrected chi connectivity index (χ2v) is 6.55. The normalized spacial score (nSPS) is 24.9. The maximum atomic E-state index is 12.6. The lowest BCUT2D eigenvalue weighted by Gasteiger charge is -2.32. The first-order chi connectivity index (χ1) is 10.3. The summed E-state index contributed by atoms with van der Waals surface area (Å²) in [4.78, 5) is 24.6. The molecule has 1 aromatic carbocycles. The molecule has 2 rings (SSSR count). The van der Waals surface area contributed by atoms with E-state index in [9.17, 15) is 14.7 Å². The number of rotatable bonds is 3. The van der Waals surface area contributed by atoms with E-state index in [4.69, 9.17) is 0 Å². The molecule has 116 valence electrons. The maximum absolute atomic E-state index is 12.6. The highest BCUT2D eigenvalue weighted by Gasteiger charge is 2.42. The molecule has 0 heterocycles. The van der Waals surface area contributed by atoms with Crippen LogP contribution in [0.1, 0.15) is 32.8 Å². The molecule has 0 saturated carbocycles. The van der Waals surface area contributed by atoms with E-state index < -0.39 is 17.4 Å². The van der Waals surface area contributed by atoms with Crippen molar-refractivity contribution in [2.24, 2.45) is 11.3 Å². The topological polar surface area (TPSA) is 54.4 Å². The first-order valence-corrected chi connectivity index (χ1v) is 7.48. The van der Waals surface area contributed by atoms with Gasteiger partial charge in [0.15, 0.2) is 11.6 Å². The van der Waals surface area contributed by atoms with E-state index in [0.29, 0.717) is 5.57 Å². The van der Waals surface area contributed by atoms with E-state index in [2.05, 4.69) is 0 Å². The van der Waals surface area contributed by atoms with Crippen molar-refractivity contribution < 1.29 is 14.7 Å². The fraction of sp³-hybridized carbons (Fsp3) is 0.368. The van der Waals surface area contributed by atoms with Crippen LogP contribution in [-0.4, -0.2) is 22.8 Å².